The zero-order valence-corrected chi connectivity index (χ0v) is 16.7. The van der Waals surface area contributed by atoms with Crippen molar-refractivity contribution in [2.24, 2.45) is 7.05 Å². The lowest BCUT2D eigenvalue weighted by atomic mass is 10.1. The number of aromatic nitrogens is 4. The molecule has 0 radical (unpaired) electrons. The summed E-state index contributed by atoms with van der Waals surface area (Å²) >= 11 is 0. The number of anilines is 2. The number of halogens is 1. The molecule has 1 saturated heterocycles. The highest BCUT2D eigenvalue weighted by molar-refractivity contribution is 5.94. The molecule has 0 N–H and O–H groups in total. The zero-order valence-electron chi connectivity index (χ0n) is 16.7. The fourth-order valence-electron chi connectivity index (χ4n) is 4.03. The second kappa shape index (κ2) is 7.23. The van der Waals surface area contributed by atoms with Crippen LogP contribution in [0, 0.1) is 0 Å². The maximum Gasteiger partial charge on any atom is 0.350 e. The summed E-state index contributed by atoms with van der Waals surface area (Å²) in [5, 5.41) is 4.26. The van der Waals surface area contributed by atoms with E-state index in [-0.39, 0.29) is 18.1 Å². The number of aryl methyl sites for hydroxylation is 1. The summed E-state index contributed by atoms with van der Waals surface area (Å²) in [5.41, 5.74) is 1.75. The van der Waals surface area contributed by atoms with E-state index in [1.165, 1.54) is 9.08 Å². The van der Waals surface area contributed by atoms with Crippen LogP contribution in [0.3, 0.4) is 0 Å². The van der Waals surface area contributed by atoms with Gasteiger partial charge in [0.1, 0.15) is 12.0 Å². The average molecular weight is 410 g/mol. The van der Waals surface area contributed by atoms with E-state index >= 15 is 0 Å². The number of alkyl halides is 1. The molecule has 0 aromatic carbocycles. The number of hydrogen-bond acceptors (Lipinski definition) is 5. The highest BCUT2D eigenvalue weighted by atomic mass is 19.1. The SMILES string of the molecule is Cn1nc2cc(N(c3ccc(C(=O)N4CCC[C@@H](F)C4)cn3)C3CC3)ccn2c1=O. The molecule has 5 rings (SSSR count). The minimum atomic E-state index is -0.950. The van der Waals surface area contributed by atoms with Gasteiger partial charge in [0.2, 0.25) is 0 Å². The van der Waals surface area contributed by atoms with Crippen LogP contribution in [-0.2, 0) is 7.05 Å². The molecular weight excluding hydrogens is 387 g/mol. The molecule has 3 aromatic heterocycles. The fourth-order valence-corrected chi connectivity index (χ4v) is 4.03. The van der Waals surface area contributed by atoms with Crippen LogP contribution >= 0.6 is 0 Å². The lowest BCUT2D eigenvalue weighted by Gasteiger charge is -2.29. The zero-order chi connectivity index (χ0) is 20.8. The normalized spacial score (nSPS) is 19.3. The van der Waals surface area contributed by atoms with Crippen LogP contribution < -0.4 is 10.6 Å². The van der Waals surface area contributed by atoms with Gasteiger partial charge in [0.15, 0.2) is 5.65 Å². The van der Waals surface area contributed by atoms with Crippen molar-refractivity contribution in [2.75, 3.05) is 18.0 Å². The monoisotopic (exact) mass is 410 g/mol. The number of hydrogen-bond donors (Lipinski definition) is 0. The van der Waals surface area contributed by atoms with Crippen molar-refractivity contribution in [1.82, 2.24) is 24.1 Å². The lowest BCUT2D eigenvalue weighted by molar-refractivity contribution is 0.0635. The maximum absolute atomic E-state index is 13.7. The Morgan fingerprint density at radius 1 is 1.23 bits per heavy atom. The Kier molecular flexibility index (Phi) is 4.52. The van der Waals surface area contributed by atoms with Crippen LogP contribution in [0.25, 0.3) is 5.65 Å². The molecule has 30 heavy (non-hydrogen) atoms. The van der Waals surface area contributed by atoms with Crippen LogP contribution in [0.15, 0.2) is 41.5 Å². The Morgan fingerprint density at radius 2 is 2.07 bits per heavy atom. The van der Waals surface area contributed by atoms with Crippen LogP contribution in [-0.4, -0.2) is 55.3 Å². The lowest BCUT2D eigenvalue weighted by Crippen LogP contribution is -2.40. The summed E-state index contributed by atoms with van der Waals surface area (Å²) in [6, 6.07) is 7.66. The highest BCUT2D eigenvalue weighted by Gasteiger charge is 2.32. The summed E-state index contributed by atoms with van der Waals surface area (Å²) in [6.07, 6.45) is 5.64. The second-order valence-electron chi connectivity index (χ2n) is 8.02. The Labute approximate surface area is 172 Å². The molecule has 8 nitrogen and oxygen atoms in total. The Hall–Kier alpha value is -3.23. The number of nitrogens with zero attached hydrogens (tertiary/aromatic N) is 6. The van der Waals surface area contributed by atoms with Gasteiger partial charge in [-0.15, -0.1) is 0 Å². The minimum absolute atomic E-state index is 0.151. The van der Waals surface area contributed by atoms with Gasteiger partial charge in [0.25, 0.3) is 5.91 Å². The van der Waals surface area contributed by atoms with Crippen molar-refractivity contribution in [2.45, 2.75) is 37.9 Å². The molecular formula is C21H23FN6O2. The quantitative estimate of drug-likeness (QED) is 0.660. The van der Waals surface area contributed by atoms with Gasteiger partial charge >= 0.3 is 5.69 Å². The smallest absolute Gasteiger partial charge is 0.336 e. The van der Waals surface area contributed by atoms with E-state index in [0.29, 0.717) is 36.6 Å². The molecule has 2 aliphatic rings. The van der Waals surface area contributed by atoms with Crippen molar-refractivity contribution in [3.63, 3.8) is 0 Å². The van der Waals surface area contributed by atoms with Crippen molar-refractivity contribution in [3.05, 3.63) is 52.7 Å². The average Bonchev–Trinajstić information content (AvgIpc) is 3.54. The number of fused-ring (bicyclic) bond motifs is 1. The standard InChI is InChI=1S/C21H23FN6O2/c1-25-21(30)27-10-8-17(11-19(27)24-25)28(16-5-6-16)18-7-4-14(12-23-18)20(29)26-9-2-3-15(22)13-26/h4,7-8,10-12,15-16H,2-3,5-6,9,13H2,1H3/t15-/m1/s1. The molecule has 9 heteroatoms. The number of carbonyl (C=O) groups excluding carboxylic acids is 1. The van der Waals surface area contributed by atoms with Gasteiger partial charge < -0.3 is 9.80 Å². The third-order valence-electron chi connectivity index (χ3n) is 5.74. The summed E-state index contributed by atoms with van der Waals surface area (Å²) in [7, 11) is 1.62. The summed E-state index contributed by atoms with van der Waals surface area (Å²) < 4.78 is 16.5. The first-order valence-corrected chi connectivity index (χ1v) is 10.3. The van der Waals surface area contributed by atoms with Gasteiger partial charge in [0, 0.05) is 43.8 Å². The molecule has 1 atom stereocenters. The first-order valence-electron chi connectivity index (χ1n) is 10.3. The maximum atomic E-state index is 13.7. The molecule has 1 amide bonds. The van der Waals surface area contributed by atoms with Gasteiger partial charge in [-0.25, -0.2) is 18.9 Å². The van der Waals surface area contributed by atoms with E-state index in [4.69, 9.17) is 0 Å². The molecule has 2 fully saturated rings. The van der Waals surface area contributed by atoms with Gasteiger partial charge in [-0.1, -0.05) is 0 Å². The largest absolute Gasteiger partial charge is 0.350 e. The Morgan fingerprint density at radius 3 is 2.77 bits per heavy atom. The topological polar surface area (TPSA) is 75.7 Å². The fraction of sp³-hybridized carbons (Fsp3) is 0.429. The number of pyridine rings is 2. The van der Waals surface area contributed by atoms with Crippen LogP contribution in [0.4, 0.5) is 15.9 Å². The van der Waals surface area contributed by atoms with Crippen molar-refractivity contribution in [3.8, 4) is 0 Å². The molecule has 0 unspecified atom stereocenters. The minimum Gasteiger partial charge on any atom is -0.336 e. The Balaban J connectivity index is 1.43. The molecule has 1 saturated carbocycles. The van der Waals surface area contributed by atoms with Gasteiger partial charge in [-0.3, -0.25) is 9.20 Å². The first-order chi connectivity index (χ1) is 14.5. The van der Waals surface area contributed by atoms with Gasteiger partial charge in [-0.05, 0) is 43.9 Å². The number of amides is 1. The summed E-state index contributed by atoms with van der Waals surface area (Å²) in [4.78, 5) is 33.0. The molecule has 0 spiro atoms. The van der Waals surface area contributed by atoms with E-state index in [0.717, 1.165) is 24.3 Å². The number of rotatable bonds is 4. The van der Waals surface area contributed by atoms with Crippen LogP contribution in [0.1, 0.15) is 36.0 Å². The third kappa shape index (κ3) is 3.34. The van der Waals surface area contributed by atoms with Crippen molar-refractivity contribution < 1.29 is 9.18 Å². The molecule has 156 valence electrons. The summed E-state index contributed by atoms with van der Waals surface area (Å²) in [5.74, 6) is 0.558. The highest BCUT2D eigenvalue weighted by Crippen LogP contribution is 2.37. The summed E-state index contributed by atoms with van der Waals surface area (Å²) in [6.45, 7) is 0.733. The van der Waals surface area contributed by atoms with Crippen molar-refractivity contribution in [1.29, 1.82) is 0 Å². The number of likely N-dealkylation sites (tertiary alicyclic amines) is 1. The van der Waals surface area contributed by atoms with Crippen molar-refractivity contribution >= 4 is 23.1 Å². The third-order valence-corrected chi connectivity index (χ3v) is 5.74. The van der Waals surface area contributed by atoms with E-state index in [1.807, 2.05) is 18.2 Å². The predicted octanol–water partition coefficient (Wildman–Crippen LogP) is 2.30. The number of piperidine rings is 1. The molecule has 1 aliphatic carbocycles. The molecule has 3 aromatic rings. The number of carbonyl (C=O) groups is 1. The second-order valence-corrected chi connectivity index (χ2v) is 8.02. The van der Waals surface area contributed by atoms with Crippen LogP contribution in [0.2, 0.25) is 0 Å². The van der Waals surface area contributed by atoms with Gasteiger partial charge in [-0.2, -0.15) is 5.10 Å². The van der Waals surface area contributed by atoms with Gasteiger partial charge in [0.05, 0.1) is 12.1 Å². The van der Waals surface area contributed by atoms with E-state index in [1.54, 1.807) is 30.4 Å². The van der Waals surface area contributed by atoms with E-state index in [9.17, 15) is 14.0 Å². The molecule has 4 heterocycles. The first kappa shape index (κ1) is 18.8. The Bertz CT molecular complexity index is 1150. The molecule has 0 bridgehead atoms. The predicted molar refractivity (Wildman–Crippen MR) is 110 cm³/mol. The molecule has 1 aliphatic heterocycles. The van der Waals surface area contributed by atoms with E-state index in [2.05, 4.69) is 15.0 Å². The van der Waals surface area contributed by atoms with E-state index < -0.39 is 6.17 Å². The van der Waals surface area contributed by atoms with Crippen LogP contribution in [0.5, 0.6) is 0 Å².